The minimum atomic E-state index is -1.18. The fourth-order valence-corrected chi connectivity index (χ4v) is 1.76. The van der Waals surface area contributed by atoms with E-state index >= 15 is 0 Å². The number of carbonyl (C=O) groups excluding carboxylic acids is 1. The van der Waals surface area contributed by atoms with Gasteiger partial charge < -0.3 is 9.90 Å². The Labute approximate surface area is 98.1 Å². The molecule has 0 bridgehead atoms. The summed E-state index contributed by atoms with van der Waals surface area (Å²) in [7, 11) is 0. The minimum Gasteiger partial charge on any atom is -0.545 e. The highest BCUT2D eigenvalue weighted by Gasteiger charge is 2.05. The second kappa shape index (κ2) is 4.37. The molecule has 0 radical (unpaired) electrons. The van der Waals surface area contributed by atoms with Gasteiger partial charge in [0, 0.05) is 10.6 Å². The highest BCUT2D eigenvalue weighted by atomic mass is 35.5. The first kappa shape index (κ1) is 10.7. The normalized spacial score (nSPS) is 10.1. The molecule has 0 fully saturated rings. The van der Waals surface area contributed by atoms with Crippen LogP contribution in [0, 0.1) is 0 Å². The zero-order valence-electron chi connectivity index (χ0n) is 8.31. The standard InChI is InChI=1S/C13H9ClO2/c14-10-5-3-4-9(8-10)11-6-1-2-7-12(11)13(15)16/h1-8H,(H,15,16)/p-1. The van der Waals surface area contributed by atoms with Crippen molar-refractivity contribution in [2.75, 3.05) is 0 Å². The summed E-state index contributed by atoms with van der Waals surface area (Å²) in [5.41, 5.74) is 1.56. The lowest BCUT2D eigenvalue weighted by atomic mass is 10.00. The number of carboxylic acids is 1. The van der Waals surface area contributed by atoms with Gasteiger partial charge in [0.2, 0.25) is 0 Å². The third kappa shape index (κ3) is 2.07. The van der Waals surface area contributed by atoms with Gasteiger partial charge in [-0.25, -0.2) is 0 Å². The molecular formula is C13H8ClO2-. The number of carbonyl (C=O) groups is 1. The van der Waals surface area contributed by atoms with Gasteiger partial charge in [-0.3, -0.25) is 0 Å². The molecule has 2 aromatic rings. The Hall–Kier alpha value is -1.80. The second-order valence-corrected chi connectivity index (χ2v) is 3.78. The molecule has 0 amide bonds. The van der Waals surface area contributed by atoms with Crippen LogP contribution in [0.5, 0.6) is 0 Å². The van der Waals surface area contributed by atoms with Crippen molar-refractivity contribution in [1.82, 2.24) is 0 Å². The Morgan fingerprint density at radius 1 is 1.06 bits per heavy atom. The molecule has 0 saturated carbocycles. The van der Waals surface area contributed by atoms with Gasteiger partial charge in [0.1, 0.15) is 0 Å². The van der Waals surface area contributed by atoms with Crippen molar-refractivity contribution in [3.63, 3.8) is 0 Å². The van der Waals surface area contributed by atoms with Crippen molar-refractivity contribution < 1.29 is 9.90 Å². The number of halogens is 1. The Morgan fingerprint density at radius 2 is 1.81 bits per heavy atom. The zero-order chi connectivity index (χ0) is 11.5. The topological polar surface area (TPSA) is 40.1 Å². The highest BCUT2D eigenvalue weighted by Crippen LogP contribution is 2.25. The summed E-state index contributed by atoms with van der Waals surface area (Å²) in [5.74, 6) is -1.18. The fourth-order valence-electron chi connectivity index (χ4n) is 1.57. The van der Waals surface area contributed by atoms with E-state index in [9.17, 15) is 9.90 Å². The van der Waals surface area contributed by atoms with Crippen molar-refractivity contribution in [3.05, 3.63) is 59.1 Å². The molecule has 0 N–H and O–H groups in total. The average molecular weight is 232 g/mol. The third-order valence-corrected chi connectivity index (χ3v) is 2.52. The molecule has 3 heteroatoms. The van der Waals surface area contributed by atoms with Crippen LogP contribution in [0.4, 0.5) is 0 Å². The Bertz CT molecular complexity index is 535. The van der Waals surface area contributed by atoms with Crippen LogP contribution in [-0.2, 0) is 0 Å². The maximum Gasteiger partial charge on any atom is 0.0721 e. The van der Waals surface area contributed by atoms with Gasteiger partial charge >= 0.3 is 0 Å². The highest BCUT2D eigenvalue weighted by molar-refractivity contribution is 6.30. The molecule has 0 saturated heterocycles. The predicted octanol–water partition coefficient (Wildman–Crippen LogP) is 2.37. The van der Waals surface area contributed by atoms with E-state index in [0.717, 1.165) is 5.56 Å². The van der Waals surface area contributed by atoms with E-state index in [1.54, 1.807) is 36.4 Å². The summed E-state index contributed by atoms with van der Waals surface area (Å²) in [6.07, 6.45) is 0. The smallest absolute Gasteiger partial charge is 0.0721 e. The Balaban J connectivity index is 2.60. The van der Waals surface area contributed by atoms with Gasteiger partial charge in [0.15, 0.2) is 0 Å². The second-order valence-electron chi connectivity index (χ2n) is 3.34. The van der Waals surface area contributed by atoms with Crippen molar-refractivity contribution >= 4 is 17.6 Å². The van der Waals surface area contributed by atoms with Gasteiger partial charge in [-0.15, -0.1) is 0 Å². The van der Waals surface area contributed by atoms with Crippen LogP contribution < -0.4 is 5.11 Å². The van der Waals surface area contributed by atoms with Crippen molar-refractivity contribution in [2.24, 2.45) is 0 Å². The van der Waals surface area contributed by atoms with Crippen LogP contribution in [0.2, 0.25) is 5.02 Å². The van der Waals surface area contributed by atoms with E-state index in [0.29, 0.717) is 10.6 Å². The maximum absolute atomic E-state index is 10.9. The molecule has 2 aromatic carbocycles. The fraction of sp³-hybridized carbons (Fsp3) is 0. The van der Waals surface area contributed by atoms with Crippen LogP contribution in [0.15, 0.2) is 48.5 Å². The monoisotopic (exact) mass is 231 g/mol. The van der Waals surface area contributed by atoms with Gasteiger partial charge in [0.25, 0.3) is 0 Å². The van der Waals surface area contributed by atoms with E-state index < -0.39 is 5.97 Å². The summed E-state index contributed by atoms with van der Waals surface area (Å²) in [5, 5.41) is 11.5. The first-order chi connectivity index (χ1) is 7.68. The molecule has 0 aliphatic carbocycles. The number of rotatable bonds is 2. The van der Waals surface area contributed by atoms with Gasteiger partial charge in [-0.2, -0.15) is 0 Å². The largest absolute Gasteiger partial charge is 0.545 e. The molecule has 0 spiro atoms. The third-order valence-electron chi connectivity index (χ3n) is 2.28. The lowest BCUT2D eigenvalue weighted by Gasteiger charge is -2.10. The Morgan fingerprint density at radius 3 is 2.50 bits per heavy atom. The van der Waals surface area contributed by atoms with Crippen LogP contribution in [0.1, 0.15) is 10.4 Å². The maximum atomic E-state index is 10.9. The van der Waals surface area contributed by atoms with Crippen molar-refractivity contribution in [1.29, 1.82) is 0 Å². The van der Waals surface area contributed by atoms with E-state index in [1.807, 2.05) is 6.07 Å². The van der Waals surface area contributed by atoms with Gasteiger partial charge in [-0.05, 0) is 23.3 Å². The first-order valence-electron chi connectivity index (χ1n) is 4.75. The molecule has 2 rings (SSSR count). The molecule has 0 heterocycles. The quantitative estimate of drug-likeness (QED) is 0.796. The molecule has 0 aromatic heterocycles. The number of hydrogen-bond donors (Lipinski definition) is 0. The number of aromatic carboxylic acids is 1. The average Bonchev–Trinajstić information content (AvgIpc) is 2.29. The van der Waals surface area contributed by atoms with Crippen molar-refractivity contribution in [3.8, 4) is 11.1 Å². The lowest BCUT2D eigenvalue weighted by Crippen LogP contribution is -2.22. The van der Waals surface area contributed by atoms with Gasteiger partial charge in [0.05, 0.1) is 5.97 Å². The summed E-state index contributed by atoms with van der Waals surface area (Å²) >= 11 is 5.86. The SMILES string of the molecule is O=C([O-])c1ccccc1-c1cccc(Cl)c1. The number of hydrogen-bond acceptors (Lipinski definition) is 2. The van der Waals surface area contributed by atoms with Crippen LogP contribution >= 0.6 is 11.6 Å². The van der Waals surface area contributed by atoms with Crippen LogP contribution in [0.3, 0.4) is 0 Å². The molecule has 80 valence electrons. The first-order valence-corrected chi connectivity index (χ1v) is 5.12. The van der Waals surface area contributed by atoms with Crippen LogP contribution in [0.25, 0.3) is 11.1 Å². The van der Waals surface area contributed by atoms with E-state index in [-0.39, 0.29) is 5.56 Å². The van der Waals surface area contributed by atoms with Gasteiger partial charge in [-0.1, -0.05) is 48.0 Å². The van der Waals surface area contributed by atoms with Crippen molar-refractivity contribution in [2.45, 2.75) is 0 Å². The molecule has 0 unspecified atom stereocenters. The molecule has 16 heavy (non-hydrogen) atoms. The minimum absolute atomic E-state index is 0.171. The van der Waals surface area contributed by atoms with E-state index in [1.165, 1.54) is 6.07 Å². The molecule has 0 aliphatic heterocycles. The molecular weight excluding hydrogens is 224 g/mol. The molecule has 0 aliphatic rings. The molecule has 2 nitrogen and oxygen atoms in total. The van der Waals surface area contributed by atoms with E-state index in [2.05, 4.69) is 0 Å². The lowest BCUT2D eigenvalue weighted by molar-refractivity contribution is -0.254. The summed E-state index contributed by atoms with van der Waals surface area (Å²) < 4.78 is 0. The molecule has 0 atom stereocenters. The number of carboxylic acid groups (broad SMARTS) is 1. The summed E-state index contributed by atoms with van der Waals surface area (Å²) in [4.78, 5) is 10.9. The van der Waals surface area contributed by atoms with E-state index in [4.69, 9.17) is 11.6 Å². The summed E-state index contributed by atoms with van der Waals surface area (Å²) in [6.45, 7) is 0. The zero-order valence-corrected chi connectivity index (χ0v) is 9.07. The van der Waals surface area contributed by atoms with Crippen LogP contribution in [-0.4, -0.2) is 5.97 Å². The number of benzene rings is 2. The summed E-state index contributed by atoms with van der Waals surface area (Å²) in [6, 6.07) is 13.8. The Kier molecular flexibility index (Phi) is 2.93. The predicted molar refractivity (Wildman–Crippen MR) is 61.2 cm³/mol.